The molecular formula is C16H18FNO3. The molecule has 0 saturated heterocycles. The van der Waals surface area contributed by atoms with Gasteiger partial charge >= 0.3 is 0 Å². The first-order chi connectivity index (χ1) is 10.2. The smallest absolute Gasteiger partial charge is 0.228 e. The number of benzene rings is 1. The van der Waals surface area contributed by atoms with E-state index in [0.29, 0.717) is 25.3 Å². The quantitative estimate of drug-likeness (QED) is 0.797. The average Bonchev–Trinajstić information content (AvgIpc) is 2.99. The third kappa shape index (κ3) is 4.43. The Bertz CT molecular complexity index is 551. The van der Waals surface area contributed by atoms with Crippen molar-refractivity contribution in [3.05, 3.63) is 59.8 Å². The van der Waals surface area contributed by atoms with Crippen LogP contribution in [0.15, 0.2) is 47.1 Å². The summed E-state index contributed by atoms with van der Waals surface area (Å²) in [6.07, 6.45) is 2.00. The molecule has 0 fully saturated rings. The van der Waals surface area contributed by atoms with Gasteiger partial charge in [0.25, 0.3) is 0 Å². The van der Waals surface area contributed by atoms with Crippen LogP contribution < -0.4 is 5.32 Å². The Balaban J connectivity index is 2.13. The van der Waals surface area contributed by atoms with Crippen molar-refractivity contribution in [2.24, 2.45) is 0 Å². The monoisotopic (exact) mass is 291 g/mol. The highest BCUT2D eigenvalue weighted by atomic mass is 19.1. The molecule has 4 nitrogen and oxygen atoms in total. The molecule has 2 rings (SSSR count). The molecule has 0 radical (unpaired) electrons. The molecule has 112 valence electrons. The van der Waals surface area contributed by atoms with E-state index < -0.39 is 5.92 Å². The lowest BCUT2D eigenvalue weighted by Crippen LogP contribution is -2.32. The number of hydrogen-bond acceptors (Lipinski definition) is 3. The molecule has 0 spiro atoms. The lowest BCUT2D eigenvalue weighted by molar-refractivity contribution is -0.122. The molecule has 2 aromatic rings. The van der Waals surface area contributed by atoms with Crippen LogP contribution in [0.3, 0.4) is 0 Å². The predicted octanol–water partition coefficient (Wildman–Crippen LogP) is 2.51. The number of amides is 1. The minimum absolute atomic E-state index is 0.130. The number of halogens is 1. The van der Waals surface area contributed by atoms with Crippen molar-refractivity contribution in [1.82, 2.24) is 5.32 Å². The lowest BCUT2D eigenvalue weighted by Gasteiger charge is -2.16. The van der Waals surface area contributed by atoms with Gasteiger partial charge in [0.15, 0.2) is 0 Å². The summed E-state index contributed by atoms with van der Waals surface area (Å²) in [5.74, 6) is -0.162. The molecular weight excluding hydrogens is 273 g/mol. The third-order valence-corrected chi connectivity index (χ3v) is 3.18. The summed E-state index contributed by atoms with van der Waals surface area (Å²) in [5.41, 5.74) is 0.753. The van der Waals surface area contributed by atoms with Gasteiger partial charge in [-0.1, -0.05) is 12.1 Å². The molecule has 5 heteroatoms. The van der Waals surface area contributed by atoms with Crippen LogP contribution in [0.5, 0.6) is 0 Å². The number of hydrogen-bond donors (Lipinski definition) is 1. The Kier molecular flexibility index (Phi) is 5.51. The van der Waals surface area contributed by atoms with Gasteiger partial charge in [-0.25, -0.2) is 4.39 Å². The fraction of sp³-hybridized carbons (Fsp3) is 0.312. The van der Waals surface area contributed by atoms with Gasteiger partial charge in [-0.3, -0.25) is 4.79 Å². The Labute approximate surface area is 122 Å². The molecule has 1 atom stereocenters. The Morgan fingerprint density at radius 3 is 2.71 bits per heavy atom. The standard InChI is InChI=1S/C16H18FNO3/c1-20-10-8-18-16(19)15(11-14-3-2-9-21-14)12-4-6-13(17)7-5-12/h2-7,9,15H,8,10-11H2,1H3,(H,18,19). The largest absolute Gasteiger partial charge is 0.469 e. The SMILES string of the molecule is COCCNC(=O)C(Cc1ccco1)c1ccc(F)cc1. The van der Waals surface area contributed by atoms with Gasteiger partial charge in [0.1, 0.15) is 11.6 Å². The van der Waals surface area contributed by atoms with Crippen LogP contribution in [0.25, 0.3) is 0 Å². The number of nitrogens with one attached hydrogen (secondary N) is 1. The lowest BCUT2D eigenvalue weighted by atomic mass is 9.93. The van der Waals surface area contributed by atoms with Gasteiger partial charge in [0, 0.05) is 20.1 Å². The van der Waals surface area contributed by atoms with E-state index in [9.17, 15) is 9.18 Å². The van der Waals surface area contributed by atoms with Crippen molar-refractivity contribution in [3.63, 3.8) is 0 Å². The Morgan fingerprint density at radius 1 is 1.33 bits per heavy atom. The fourth-order valence-corrected chi connectivity index (χ4v) is 2.09. The number of furan rings is 1. The maximum Gasteiger partial charge on any atom is 0.228 e. The number of rotatable bonds is 7. The van der Waals surface area contributed by atoms with Crippen molar-refractivity contribution >= 4 is 5.91 Å². The maximum atomic E-state index is 13.0. The summed E-state index contributed by atoms with van der Waals surface area (Å²) in [6, 6.07) is 9.55. The predicted molar refractivity (Wildman–Crippen MR) is 76.4 cm³/mol. The minimum atomic E-state index is -0.423. The van der Waals surface area contributed by atoms with Gasteiger partial charge in [-0.2, -0.15) is 0 Å². The molecule has 0 aliphatic rings. The van der Waals surface area contributed by atoms with Gasteiger partial charge in [0.2, 0.25) is 5.91 Å². The van der Waals surface area contributed by atoms with Crippen LogP contribution in [0.4, 0.5) is 4.39 Å². The number of methoxy groups -OCH3 is 1. The highest BCUT2D eigenvalue weighted by molar-refractivity contribution is 5.83. The number of carbonyl (C=O) groups excluding carboxylic acids is 1. The summed E-state index contributed by atoms with van der Waals surface area (Å²) >= 11 is 0. The first-order valence-corrected chi connectivity index (χ1v) is 6.75. The molecule has 0 bridgehead atoms. The van der Waals surface area contributed by atoms with E-state index in [4.69, 9.17) is 9.15 Å². The van der Waals surface area contributed by atoms with E-state index >= 15 is 0 Å². The highest BCUT2D eigenvalue weighted by Gasteiger charge is 2.22. The van der Waals surface area contributed by atoms with E-state index in [0.717, 1.165) is 5.56 Å². The normalized spacial score (nSPS) is 12.1. The molecule has 0 saturated carbocycles. The second kappa shape index (κ2) is 7.59. The van der Waals surface area contributed by atoms with Gasteiger partial charge in [-0.15, -0.1) is 0 Å². The van der Waals surface area contributed by atoms with Crippen molar-refractivity contribution in [2.45, 2.75) is 12.3 Å². The molecule has 1 N–H and O–H groups in total. The molecule has 1 heterocycles. The van der Waals surface area contributed by atoms with E-state index in [1.165, 1.54) is 12.1 Å². The van der Waals surface area contributed by atoms with E-state index in [1.54, 1.807) is 31.6 Å². The summed E-state index contributed by atoms with van der Waals surface area (Å²) in [6.45, 7) is 0.883. The second-order valence-electron chi connectivity index (χ2n) is 4.67. The highest BCUT2D eigenvalue weighted by Crippen LogP contribution is 2.22. The third-order valence-electron chi connectivity index (χ3n) is 3.18. The topological polar surface area (TPSA) is 51.5 Å². The molecule has 1 unspecified atom stereocenters. The maximum absolute atomic E-state index is 13.0. The Morgan fingerprint density at radius 2 is 2.10 bits per heavy atom. The van der Waals surface area contributed by atoms with Crippen LogP contribution in [0, 0.1) is 5.82 Å². The number of carbonyl (C=O) groups is 1. The summed E-state index contributed by atoms with van der Waals surface area (Å²) in [7, 11) is 1.58. The van der Waals surface area contributed by atoms with Crippen molar-refractivity contribution in [3.8, 4) is 0 Å². The van der Waals surface area contributed by atoms with Crippen LogP contribution in [-0.4, -0.2) is 26.2 Å². The first kappa shape index (κ1) is 15.3. The van der Waals surface area contributed by atoms with Crippen LogP contribution in [-0.2, 0) is 16.0 Å². The zero-order chi connectivity index (χ0) is 15.1. The second-order valence-corrected chi connectivity index (χ2v) is 4.67. The van der Waals surface area contributed by atoms with Crippen LogP contribution >= 0.6 is 0 Å². The van der Waals surface area contributed by atoms with E-state index in [2.05, 4.69) is 5.32 Å². The molecule has 0 aliphatic heterocycles. The first-order valence-electron chi connectivity index (χ1n) is 6.75. The van der Waals surface area contributed by atoms with E-state index in [1.807, 2.05) is 6.07 Å². The number of ether oxygens (including phenoxy) is 1. The van der Waals surface area contributed by atoms with Gasteiger partial charge in [-0.05, 0) is 29.8 Å². The Hall–Kier alpha value is -2.14. The zero-order valence-corrected chi connectivity index (χ0v) is 11.8. The molecule has 1 aromatic heterocycles. The van der Waals surface area contributed by atoms with Gasteiger partial charge in [0.05, 0.1) is 18.8 Å². The van der Waals surface area contributed by atoms with E-state index in [-0.39, 0.29) is 11.7 Å². The zero-order valence-electron chi connectivity index (χ0n) is 11.8. The minimum Gasteiger partial charge on any atom is -0.469 e. The van der Waals surface area contributed by atoms with Gasteiger partial charge < -0.3 is 14.5 Å². The van der Waals surface area contributed by atoms with Crippen molar-refractivity contribution in [2.75, 3.05) is 20.3 Å². The molecule has 0 aliphatic carbocycles. The summed E-state index contributed by atoms with van der Waals surface area (Å²) < 4.78 is 23.3. The van der Waals surface area contributed by atoms with Crippen molar-refractivity contribution in [1.29, 1.82) is 0 Å². The summed E-state index contributed by atoms with van der Waals surface area (Å²) in [5, 5.41) is 2.81. The van der Waals surface area contributed by atoms with Crippen LogP contribution in [0.2, 0.25) is 0 Å². The fourth-order valence-electron chi connectivity index (χ4n) is 2.09. The average molecular weight is 291 g/mol. The van der Waals surface area contributed by atoms with Crippen molar-refractivity contribution < 1.29 is 18.3 Å². The molecule has 21 heavy (non-hydrogen) atoms. The molecule has 1 amide bonds. The van der Waals surface area contributed by atoms with Crippen LogP contribution in [0.1, 0.15) is 17.2 Å². The summed E-state index contributed by atoms with van der Waals surface area (Å²) in [4.78, 5) is 12.3. The molecule has 1 aromatic carbocycles.